The molecule has 88 valence electrons. The number of rotatable bonds is 0. The summed E-state index contributed by atoms with van der Waals surface area (Å²) in [6.45, 7) is 6.51. The van der Waals surface area contributed by atoms with E-state index in [0.29, 0.717) is 0 Å². The van der Waals surface area contributed by atoms with Gasteiger partial charge >= 0.3 is 0 Å². The lowest BCUT2D eigenvalue weighted by Crippen LogP contribution is -2.18. The molecule has 0 saturated carbocycles. The number of hydrogen-bond acceptors (Lipinski definition) is 2. The molecule has 1 aromatic rings. The molecule has 0 unspecified atom stereocenters. The van der Waals surface area contributed by atoms with Crippen molar-refractivity contribution in [2.24, 2.45) is 0 Å². The Balaban J connectivity index is 2.52. The molecule has 0 amide bonds. The second-order valence-electron chi connectivity index (χ2n) is 5.66. The summed E-state index contributed by atoms with van der Waals surface area (Å²) in [5.41, 5.74) is 2.68. The topological polar surface area (TPSA) is 28.7 Å². The van der Waals surface area contributed by atoms with E-state index in [0.717, 1.165) is 23.3 Å². The molecule has 0 saturated heterocycles. The molecular formula is C13H20N2S. The number of H-pyrrole nitrogens is 1. The lowest BCUT2D eigenvalue weighted by Gasteiger charge is -2.19. The molecule has 1 heterocycles. The first-order valence-electron chi connectivity index (χ1n) is 6.11. The number of aryl methyl sites for hydroxylation is 1. The van der Waals surface area contributed by atoms with Crippen LogP contribution in [-0.4, -0.2) is 9.97 Å². The van der Waals surface area contributed by atoms with Crippen LogP contribution < -0.4 is 0 Å². The molecule has 1 aromatic heterocycles. The van der Waals surface area contributed by atoms with Crippen LogP contribution in [0.3, 0.4) is 0 Å². The number of fused-ring (bicyclic) bond motifs is 1. The Kier molecular flexibility index (Phi) is 3.15. The Morgan fingerprint density at radius 2 is 1.81 bits per heavy atom. The molecule has 0 aliphatic heterocycles. The zero-order valence-electron chi connectivity index (χ0n) is 10.4. The van der Waals surface area contributed by atoms with Crippen molar-refractivity contribution < 1.29 is 0 Å². The minimum Gasteiger partial charge on any atom is -0.346 e. The summed E-state index contributed by atoms with van der Waals surface area (Å²) in [5.74, 6) is 1.03. The predicted molar refractivity (Wildman–Crippen MR) is 69.4 cm³/mol. The van der Waals surface area contributed by atoms with Crippen molar-refractivity contribution in [3.05, 3.63) is 21.7 Å². The minimum absolute atomic E-state index is 0.0505. The highest BCUT2D eigenvalue weighted by Gasteiger charge is 2.19. The minimum atomic E-state index is 0.0505. The van der Waals surface area contributed by atoms with Gasteiger partial charge < -0.3 is 4.98 Å². The Hall–Kier alpha value is -0.700. The summed E-state index contributed by atoms with van der Waals surface area (Å²) in [4.78, 5) is 8.07. The van der Waals surface area contributed by atoms with Crippen molar-refractivity contribution in [2.75, 3.05) is 0 Å². The van der Waals surface area contributed by atoms with Crippen LogP contribution in [0.5, 0.6) is 0 Å². The van der Waals surface area contributed by atoms with Crippen LogP contribution in [-0.2, 0) is 18.3 Å². The van der Waals surface area contributed by atoms with Gasteiger partial charge in [-0.05, 0) is 25.7 Å². The van der Waals surface area contributed by atoms with Crippen LogP contribution in [0, 0.1) is 4.64 Å². The van der Waals surface area contributed by atoms with Crippen molar-refractivity contribution in [2.45, 2.75) is 58.3 Å². The summed E-state index contributed by atoms with van der Waals surface area (Å²) < 4.78 is 0.820. The zero-order valence-corrected chi connectivity index (χ0v) is 11.2. The van der Waals surface area contributed by atoms with Crippen molar-refractivity contribution in [3.63, 3.8) is 0 Å². The van der Waals surface area contributed by atoms with Crippen molar-refractivity contribution in [1.29, 1.82) is 0 Å². The Morgan fingerprint density at radius 3 is 2.50 bits per heavy atom. The SMILES string of the molecule is CC(C)(C)c1nc(=S)c2c([nH]1)CCCCC2. The number of aromatic amines is 1. The molecule has 1 N–H and O–H groups in total. The molecule has 2 nitrogen and oxygen atoms in total. The van der Waals surface area contributed by atoms with Gasteiger partial charge in [-0.25, -0.2) is 4.98 Å². The van der Waals surface area contributed by atoms with Gasteiger partial charge in [0, 0.05) is 16.7 Å². The van der Waals surface area contributed by atoms with Gasteiger partial charge in [0.15, 0.2) is 0 Å². The third-order valence-corrected chi connectivity index (χ3v) is 3.51. The van der Waals surface area contributed by atoms with Gasteiger partial charge in [0.05, 0.1) is 0 Å². The van der Waals surface area contributed by atoms with Gasteiger partial charge in [-0.15, -0.1) is 0 Å². The molecule has 0 bridgehead atoms. The van der Waals surface area contributed by atoms with Gasteiger partial charge in [0.25, 0.3) is 0 Å². The molecule has 1 aliphatic rings. The molecule has 16 heavy (non-hydrogen) atoms. The highest BCUT2D eigenvalue weighted by Crippen LogP contribution is 2.24. The smallest absolute Gasteiger partial charge is 0.133 e. The van der Waals surface area contributed by atoms with E-state index in [4.69, 9.17) is 12.2 Å². The van der Waals surface area contributed by atoms with Crippen LogP contribution in [0.4, 0.5) is 0 Å². The maximum absolute atomic E-state index is 5.42. The molecule has 1 aliphatic carbocycles. The maximum Gasteiger partial charge on any atom is 0.133 e. The Morgan fingerprint density at radius 1 is 1.12 bits per heavy atom. The predicted octanol–water partition coefficient (Wildman–Crippen LogP) is 3.71. The largest absolute Gasteiger partial charge is 0.346 e. The van der Waals surface area contributed by atoms with Gasteiger partial charge in [-0.3, -0.25) is 0 Å². The van der Waals surface area contributed by atoms with Crippen LogP contribution in [0.25, 0.3) is 0 Å². The first-order valence-corrected chi connectivity index (χ1v) is 6.52. The average Bonchev–Trinajstić information content (AvgIpc) is 2.41. The van der Waals surface area contributed by atoms with E-state index in [1.807, 2.05) is 0 Å². The van der Waals surface area contributed by atoms with E-state index in [-0.39, 0.29) is 5.41 Å². The normalized spacial score (nSPS) is 16.7. The zero-order chi connectivity index (χ0) is 11.8. The standard InChI is InChI=1S/C13H20N2S/c1-13(2,3)12-14-10-8-6-4-5-7-9(10)11(16)15-12/h4-8H2,1-3H3,(H,14,15,16). The third-order valence-electron chi connectivity index (χ3n) is 3.17. The summed E-state index contributed by atoms with van der Waals surface area (Å²) in [5, 5.41) is 0. The quantitative estimate of drug-likeness (QED) is 0.549. The van der Waals surface area contributed by atoms with Crippen molar-refractivity contribution >= 4 is 12.2 Å². The van der Waals surface area contributed by atoms with Crippen LogP contribution in [0.1, 0.15) is 57.1 Å². The lowest BCUT2D eigenvalue weighted by atomic mass is 9.95. The highest BCUT2D eigenvalue weighted by atomic mass is 32.1. The average molecular weight is 236 g/mol. The molecule has 3 heteroatoms. The molecule has 0 atom stereocenters. The summed E-state index contributed by atoms with van der Waals surface area (Å²) in [6, 6.07) is 0. The fourth-order valence-corrected chi connectivity index (χ4v) is 2.47. The number of nitrogens with one attached hydrogen (secondary N) is 1. The molecule has 0 radical (unpaired) electrons. The van der Waals surface area contributed by atoms with Gasteiger partial charge in [0.2, 0.25) is 0 Å². The van der Waals surface area contributed by atoms with Crippen molar-refractivity contribution in [1.82, 2.24) is 9.97 Å². The van der Waals surface area contributed by atoms with E-state index in [1.165, 1.54) is 30.5 Å². The third kappa shape index (κ3) is 2.34. The first-order chi connectivity index (χ1) is 7.48. The summed E-state index contributed by atoms with van der Waals surface area (Å²) >= 11 is 5.42. The Bertz CT molecular complexity index is 440. The number of aromatic nitrogens is 2. The number of hydrogen-bond donors (Lipinski definition) is 1. The monoisotopic (exact) mass is 236 g/mol. The van der Waals surface area contributed by atoms with E-state index in [9.17, 15) is 0 Å². The van der Waals surface area contributed by atoms with E-state index < -0.39 is 0 Å². The first kappa shape index (κ1) is 11.8. The molecule has 0 spiro atoms. The number of nitrogens with zero attached hydrogens (tertiary/aromatic N) is 1. The highest BCUT2D eigenvalue weighted by molar-refractivity contribution is 7.71. The van der Waals surface area contributed by atoms with Crippen LogP contribution in [0.15, 0.2) is 0 Å². The lowest BCUT2D eigenvalue weighted by molar-refractivity contribution is 0.538. The van der Waals surface area contributed by atoms with E-state index in [1.54, 1.807) is 0 Å². The maximum atomic E-state index is 5.42. The fraction of sp³-hybridized carbons (Fsp3) is 0.692. The molecule has 2 rings (SSSR count). The van der Waals surface area contributed by atoms with E-state index >= 15 is 0 Å². The van der Waals surface area contributed by atoms with Crippen LogP contribution in [0.2, 0.25) is 0 Å². The molecular weight excluding hydrogens is 216 g/mol. The fourth-order valence-electron chi connectivity index (χ4n) is 2.15. The van der Waals surface area contributed by atoms with Gasteiger partial charge in [-0.1, -0.05) is 39.4 Å². The molecule has 0 fully saturated rings. The van der Waals surface area contributed by atoms with Crippen molar-refractivity contribution in [3.8, 4) is 0 Å². The van der Waals surface area contributed by atoms with Gasteiger partial charge in [0.1, 0.15) is 10.5 Å². The molecule has 0 aromatic carbocycles. The van der Waals surface area contributed by atoms with E-state index in [2.05, 4.69) is 30.7 Å². The summed E-state index contributed by atoms with van der Waals surface area (Å²) in [6.07, 6.45) is 6.06. The van der Waals surface area contributed by atoms with Crippen LogP contribution >= 0.6 is 12.2 Å². The summed E-state index contributed by atoms with van der Waals surface area (Å²) in [7, 11) is 0. The van der Waals surface area contributed by atoms with Gasteiger partial charge in [-0.2, -0.15) is 0 Å². The second kappa shape index (κ2) is 4.28. The Labute approximate surface area is 103 Å². The second-order valence-corrected chi connectivity index (χ2v) is 6.05.